The zero-order valence-corrected chi connectivity index (χ0v) is 17.4. The molecule has 0 bridgehead atoms. The van der Waals surface area contributed by atoms with Gasteiger partial charge in [0.1, 0.15) is 17.3 Å². The minimum Gasteiger partial charge on any atom is -0.508 e. The van der Waals surface area contributed by atoms with Crippen LogP contribution in [0.25, 0.3) is 11.4 Å². The van der Waals surface area contributed by atoms with E-state index in [1.165, 1.54) is 12.1 Å². The first kappa shape index (κ1) is 22.1. The van der Waals surface area contributed by atoms with Crippen LogP contribution < -0.4 is 4.74 Å². The van der Waals surface area contributed by atoms with Crippen molar-refractivity contribution in [3.05, 3.63) is 65.5 Å². The summed E-state index contributed by atoms with van der Waals surface area (Å²) >= 11 is 0. The predicted molar refractivity (Wildman–Crippen MR) is 111 cm³/mol. The average molecular weight is 449 g/mol. The van der Waals surface area contributed by atoms with E-state index in [0.717, 1.165) is 22.8 Å². The maximum atomic E-state index is 13.5. The van der Waals surface area contributed by atoms with E-state index in [0.29, 0.717) is 31.6 Å². The van der Waals surface area contributed by atoms with Crippen LogP contribution in [-0.2, 0) is 26.1 Å². The van der Waals surface area contributed by atoms with Gasteiger partial charge in [-0.3, -0.25) is 4.90 Å². The van der Waals surface area contributed by atoms with Crippen LogP contribution in [-0.4, -0.2) is 38.6 Å². The van der Waals surface area contributed by atoms with Crippen LogP contribution in [0.15, 0.2) is 48.5 Å². The topological polar surface area (TPSA) is 50.5 Å². The van der Waals surface area contributed by atoms with Crippen LogP contribution in [0.2, 0.25) is 0 Å². The molecule has 1 N–H and O–H groups in total. The molecule has 1 aliphatic heterocycles. The summed E-state index contributed by atoms with van der Waals surface area (Å²) in [6, 6.07) is 12.9. The van der Waals surface area contributed by atoms with E-state index in [9.17, 15) is 22.7 Å². The molecule has 9 heteroatoms. The van der Waals surface area contributed by atoms with Gasteiger partial charge in [-0.2, -0.15) is 17.6 Å². The Morgan fingerprint density at radius 2 is 1.84 bits per heavy atom. The van der Waals surface area contributed by atoms with Crippen LogP contribution in [0, 0.1) is 0 Å². The van der Waals surface area contributed by atoms with Gasteiger partial charge >= 0.3 is 12.5 Å². The van der Waals surface area contributed by atoms with Gasteiger partial charge in [0, 0.05) is 43.7 Å². The van der Waals surface area contributed by atoms with Gasteiger partial charge in [0.25, 0.3) is 0 Å². The van der Waals surface area contributed by atoms with Crippen molar-refractivity contribution in [3.63, 3.8) is 0 Å². The molecule has 5 nitrogen and oxygen atoms in total. The number of phenols is 1. The monoisotopic (exact) mass is 449 g/mol. The van der Waals surface area contributed by atoms with E-state index in [-0.39, 0.29) is 18.0 Å². The number of aromatic hydroxyl groups is 1. The number of ether oxygens (including phenoxy) is 1. The third-order valence-electron chi connectivity index (χ3n) is 5.50. The Balaban J connectivity index is 1.57. The number of nitrogens with zero attached hydrogens (tertiary/aromatic N) is 3. The first-order chi connectivity index (χ1) is 15.3. The van der Waals surface area contributed by atoms with Gasteiger partial charge in [-0.05, 0) is 37.3 Å². The number of alkyl halides is 4. The number of fused-ring (bicyclic) bond motifs is 1. The molecule has 0 fully saturated rings. The fraction of sp³-hybridized carbons (Fsp3) is 0.348. The van der Waals surface area contributed by atoms with Gasteiger partial charge in [0.2, 0.25) is 0 Å². The number of hydrogen-bond acceptors (Lipinski definition) is 4. The second-order valence-electron chi connectivity index (χ2n) is 7.65. The normalized spacial score (nSPS) is 14.6. The van der Waals surface area contributed by atoms with Crippen LogP contribution in [0.5, 0.6) is 11.5 Å². The highest BCUT2D eigenvalue weighted by Gasteiger charge is 2.44. The molecule has 0 saturated heterocycles. The predicted octanol–water partition coefficient (Wildman–Crippen LogP) is 5.07. The number of aromatic nitrogens is 2. The molecule has 0 saturated carbocycles. The molecule has 2 aromatic carbocycles. The van der Waals surface area contributed by atoms with Crippen molar-refractivity contribution in [1.29, 1.82) is 0 Å². The number of imidazole rings is 1. The molecular formula is C23H23F4N3O2. The molecule has 0 spiro atoms. The summed E-state index contributed by atoms with van der Waals surface area (Å²) in [4.78, 5) is 6.85. The summed E-state index contributed by atoms with van der Waals surface area (Å²) in [6.07, 6.45) is -7.79. The molecule has 170 valence electrons. The first-order valence-corrected chi connectivity index (χ1v) is 10.3. The van der Waals surface area contributed by atoms with Gasteiger partial charge in [-0.1, -0.05) is 18.2 Å². The van der Waals surface area contributed by atoms with Crippen LogP contribution in [0.4, 0.5) is 17.6 Å². The Morgan fingerprint density at radius 1 is 1.12 bits per heavy atom. The SMILES string of the molecule is CCn1c(-c2ccc(O)cc2)nc2c1CN(Cc1ccccc1OC(F)(F)C(F)F)CC2. The number of para-hydroxylation sites is 1. The van der Waals surface area contributed by atoms with Crippen LogP contribution >= 0.6 is 0 Å². The van der Waals surface area contributed by atoms with Gasteiger partial charge in [-0.15, -0.1) is 0 Å². The lowest BCUT2D eigenvalue weighted by atomic mass is 10.1. The lowest BCUT2D eigenvalue weighted by Crippen LogP contribution is -2.35. The second kappa shape index (κ2) is 8.82. The highest BCUT2D eigenvalue weighted by molar-refractivity contribution is 5.58. The molecule has 3 aromatic rings. The fourth-order valence-corrected chi connectivity index (χ4v) is 3.94. The molecule has 4 rings (SSSR count). The summed E-state index contributed by atoms with van der Waals surface area (Å²) < 4.78 is 58.6. The lowest BCUT2D eigenvalue weighted by molar-refractivity contribution is -0.253. The minimum absolute atomic E-state index is 0.178. The zero-order chi connectivity index (χ0) is 22.9. The minimum atomic E-state index is -4.55. The maximum Gasteiger partial charge on any atom is 0.461 e. The summed E-state index contributed by atoms with van der Waals surface area (Å²) in [6.45, 7) is 4.15. The number of benzene rings is 2. The molecule has 1 aliphatic rings. The molecule has 0 radical (unpaired) electrons. The summed E-state index contributed by atoms with van der Waals surface area (Å²) in [7, 11) is 0. The third-order valence-corrected chi connectivity index (χ3v) is 5.50. The molecule has 0 aliphatic carbocycles. The summed E-state index contributed by atoms with van der Waals surface area (Å²) in [5.41, 5.74) is 3.30. The number of halogens is 4. The fourth-order valence-electron chi connectivity index (χ4n) is 3.94. The second-order valence-corrected chi connectivity index (χ2v) is 7.65. The molecule has 0 atom stereocenters. The standard InChI is InChI=1S/C23H23F4N3O2/c1-2-30-19-14-29(12-11-18(19)28-21(30)15-7-9-17(31)10-8-15)13-16-5-3-4-6-20(16)32-23(26,27)22(24)25/h3-10,22,31H,2,11-14H2,1H3. The third kappa shape index (κ3) is 4.43. The van der Waals surface area contributed by atoms with E-state index < -0.39 is 12.5 Å². The van der Waals surface area contributed by atoms with Crippen molar-refractivity contribution in [2.24, 2.45) is 0 Å². The van der Waals surface area contributed by atoms with Crippen molar-refractivity contribution in [3.8, 4) is 22.9 Å². The number of rotatable bonds is 7. The smallest absolute Gasteiger partial charge is 0.461 e. The highest BCUT2D eigenvalue weighted by Crippen LogP contribution is 2.32. The van der Waals surface area contributed by atoms with Crippen molar-refractivity contribution in [2.45, 2.75) is 45.5 Å². The largest absolute Gasteiger partial charge is 0.508 e. The van der Waals surface area contributed by atoms with Crippen LogP contribution in [0.1, 0.15) is 23.9 Å². The Labute approximate surface area is 182 Å². The van der Waals surface area contributed by atoms with E-state index in [1.54, 1.807) is 24.3 Å². The average Bonchev–Trinajstić information content (AvgIpc) is 3.13. The molecule has 1 aromatic heterocycles. The maximum absolute atomic E-state index is 13.5. The molecular weight excluding hydrogens is 426 g/mol. The Bertz CT molecular complexity index is 1080. The summed E-state index contributed by atoms with van der Waals surface area (Å²) in [5.74, 6) is 0.731. The Hall–Kier alpha value is -3.07. The number of phenolic OH excluding ortho intramolecular Hbond substituents is 1. The van der Waals surface area contributed by atoms with Crippen LogP contribution in [0.3, 0.4) is 0 Å². The highest BCUT2D eigenvalue weighted by atomic mass is 19.3. The molecule has 32 heavy (non-hydrogen) atoms. The van der Waals surface area contributed by atoms with Gasteiger partial charge < -0.3 is 14.4 Å². The van der Waals surface area contributed by atoms with Gasteiger partial charge in [-0.25, -0.2) is 4.98 Å². The Kier molecular flexibility index (Phi) is 6.10. The van der Waals surface area contributed by atoms with E-state index in [1.807, 2.05) is 19.1 Å². The van der Waals surface area contributed by atoms with Crippen molar-refractivity contribution in [2.75, 3.05) is 6.54 Å². The zero-order valence-electron chi connectivity index (χ0n) is 17.4. The van der Waals surface area contributed by atoms with Gasteiger partial charge in [0.05, 0.1) is 11.4 Å². The first-order valence-electron chi connectivity index (χ1n) is 10.3. The van der Waals surface area contributed by atoms with Crippen molar-refractivity contribution in [1.82, 2.24) is 14.5 Å². The van der Waals surface area contributed by atoms with E-state index in [4.69, 9.17) is 4.98 Å². The molecule has 2 heterocycles. The van der Waals surface area contributed by atoms with E-state index in [2.05, 4.69) is 14.2 Å². The molecule has 0 unspecified atom stereocenters. The quantitative estimate of drug-likeness (QED) is 0.512. The summed E-state index contributed by atoms with van der Waals surface area (Å²) in [5, 5.41) is 9.56. The molecule has 0 amide bonds. The Morgan fingerprint density at radius 3 is 2.53 bits per heavy atom. The van der Waals surface area contributed by atoms with Crippen molar-refractivity contribution < 1.29 is 27.4 Å². The van der Waals surface area contributed by atoms with E-state index >= 15 is 0 Å². The lowest BCUT2D eigenvalue weighted by Gasteiger charge is -2.28. The van der Waals surface area contributed by atoms with Crippen molar-refractivity contribution >= 4 is 0 Å². The number of hydrogen-bond donors (Lipinski definition) is 1. The van der Waals surface area contributed by atoms with Gasteiger partial charge in [0.15, 0.2) is 0 Å².